The predicted molar refractivity (Wildman–Crippen MR) is 73.9 cm³/mol. The zero-order valence-electron chi connectivity index (χ0n) is 10.3. The quantitative estimate of drug-likeness (QED) is 0.933. The van der Waals surface area contributed by atoms with Crippen molar-refractivity contribution < 1.29 is 14.6 Å². The molecule has 0 aliphatic carbocycles. The molecule has 2 aromatic rings. The van der Waals surface area contributed by atoms with Crippen LogP contribution >= 0.6 is 11.8 Å². The lowest BCUT2D eigenvalue weighted by Crippen LogP contribution is -2.15. The molecule has 0 bridgehead atoms. The van der Waals surface area contributed by atoms with E-state index in [0.717, 1.165) is 26.9 Å². The summed E-state index contributed by atoms with van der Waals surface area (Å²) >= 11 is 1.62. The molecule has 1 heterocycles. The molecule has 98 valence electrons. The standard InChI is InChI=1S/C15H14O3S/c16-10-11-3-1-2-4-15(11)19-12-5-6-13-14(9-12)18-8-7-17-13/h1-6,9,16H,7-8,10H2. The monoisotopic (exact) mass is 274 g/mol. The number of hydrogen-bond donors (Lipinski definition) is 1. The lowest BCUT2D eigenvalue weighted by Gasteiger charge is -2.18. The van der Waals surface area contributed by atoms with Crippen molar-refractivity contribution in [2.75, 3.05) is 13.2 Å². The fourth-order valence-corrected chi connectivity index (χ4v) is 2.91. The smallest absolute Gasteiger partial charge is 0.162 e. The van der Waals surface area contributed by atoms with Crippen molar-refractivity contribution >= 4 is 11.8 Å². The van der Waals surface area contributed by atoms with Gasteiger partial charge in [0.25, 0.3) is 0 Å². The van der Waals surface area contributed by atoms with Gasteiger partial charge in [-0.15, -0.1) is 0 Å². The van der Waals surface area contributed by atoms with Crippen LogP contribution in [0, 0.1) is 0 Å². The summed E-state index contributed by atoms with van der Waals surface area (Å²) in [7, 11) is 0. The molecular formula is C15H14O3S. The Balaban J connectivity index is 1.87. The van der Waals surface area contributed by atoms with Crippen molar-refractivity contribution in [3.63, 3.8) is 0 Å². The fraction of sp³-hybridized carbons (Fsp3) is 0.200. The van der Waals surface area contributed by atoms with Gasteiger partial charge < -0.3 is 14.6 Å². The van der Waals surface area contributed by atoms with Crippen molar-refractivity contribution in [1.82, 2.24) is 0 Å². The summed E-state index contributed by atoms with van der Waals surface area (Å²) in [5.74, 6) is 1.59. The van der Waals surface area contributed by atoms with Crippen molar-refractivity contribution in [3.8, 4) is 11.5 Å². The second-order valence-electron chi connectivity index (χ2n) is 4.17. The number of rotatable bonds is 3. The Morgan fingerprint density at radius 2 is 1.79 bits per heavy atom. The summed E-state index contributed by atoms with van der Waals surface area (Å²) in [4.78, 5) is 2.13. The van der Waals surface area contributed by atoms with Crippen LogP contribution in [0.15, 0.2) is 52.3 Å². The van der Waals surface area contributed by atoms with Crippen LogP contribution in [-0.4, -0.2) is 18.3 Å². The Bertz CT molecular complexity index is 583. The first kappa shape index (κ1) is 12.4. The summed E-state index contributed by atoms with van der Waals surface area (Å²) in [6.45, 7) is 1.24. The molecule has 1 aliphatic rings. The van der Waals surface area contributed by atoms with E-state index >= 15 is 0 Å². The van der Waals surface area contributed by atoms with E-state index in [1.807, 2.05) is 42.5 Å². The first-order valence-electron chi connectivity index (χ1n) is 6.13. The van der Waals surface area contributed by atoms with Gasteiger partial charge in [-0.1, -0.05) is 30.0 Å². The second-order valence-corrected chi connectivity index (χ2v) is 5.29. The average molecular weight is 274 g/mol. The van der Waals surface area contributed by atoms with E-state index in [9.17, 15) is 5.11 Å². The molecule has 3 nitrogen and oxygen atoms in total. The molecule has 0 radical (unpaired) electrons. The molecule has 0 aromatic heterocycles. The average Bonchev–Trinajstić information content (AvgIpc) is 2.48. The van der Waals surface area contributed by atoms with E-state index in [1.54, 1.807) is 11.8 Å². The van der Waals surface area contributed by atoms with E-state index in [0.29, 0.717) is 13.2 Å². The third kappa shape index (κ3) is 2.69. The Labute approximate surface area is 116 Å². The molecule has 0 unspecified atom stereocenters. The molecule has 19 heavy (non-hydrogen) atoms. The lowest BCUT2D eigenvalue weighted by molar-refractivity contribution is 0.171. The van der Waals surface area contributed by atoms with Crippen molar-refractivity contribution in [2.24, 2.45) is 0 Å². The highest BCUT2D eigenvalue weighted by Crippen LogP contribution is 2.37. The SMILES string of the molecule is OCc1ccccc1Sc1ccc2c(c1)OCCO2. The molecule has 3 rings (SSSR count). The minimum atomic E-state index is 0.0493. The molecule has 0 atom stereocenters. The van der Waals surface area contributed by atoms with Crippen molar-refractivity contribution in [3.05, 3.63) is 48.0 Å². The van der Waals surface area contributed by atoms with Crippen LogP contribution < -0.4 is 9.47 Å². The number of hydrogen-bond acceptors (Lipinski definition) is 4. The zero-order valence-corrected chi connectivity index (χ0v) is 11.2. The molecule has 0 amide bonds. The van der Waals surface area contributed by atoms with Gasteiger partial charge in [-0.05, 0) is 29.8 Å². The fourth-order valence-electron chi connectivity index (χ4n) is 1.95. The molecular weight excluding hydrogens is 260 g/mol. The van der Waals surface area contributed by atoms with Crippen molar-refractivity contribution in [2.45, 2.75) is 16.4 Å². The lowest BCUT2D eigenvalue weighted by atomic mass is 10.2. The minimum Gasteiger partial charge on any atom is -0.486 e. The molecule has 1 aliphatic heterocycles. The van der Waals surface area contributed by atoms with Gasteiger partial charge >= 0.3 is 0 Å². The van der Waals surface area contributed by atoms with Gasteiger partial charge in [0.1, 0.15) is 13.2 Å². The number of aliphatic hydroxyl groups is 1. The molecule has 0 fully saturated rings. The highest BCUT2D eigenvalue weighted by molar-refractivity contribution is 7.99. The summed E-state index contributed by atoms with van der Waals surface area (Å²) in [5, 5.41) is 9.33. The van der Waals surface area contributed by atoms with Gasteiger partial charge in [0.15, 0.2) is 11.5 Å². The number of aliphatic hydroxyl groups excluding tert-OH is 1. The third-order valence-electron chi connectivity index (χ3n) is 2.88. The van der Waals surface area contributed by atoms with Crippen molar-refractivity contribution in [1.29, 1.82) is 0 Å². The zero-order chi connectivity index (χ0) is 13.1. The van der Waals surface area contributed by atoms with Gasteiger partial charge in [-0.2, -0.15) is 0 Å². The number of benzene rings is 2. The molecule has 2 aromatic carbocycles. The van der Waals surface area contributed by atoms with Crippen LogP contribution in [0.25, 0.3) is 0 Å². The molecule has 1 N–H and O–H groups in total. The predicted octanol–water partition coefficient (Wildman–Crippen LogP) is 3.10. The molecule has 0 saturated carbocycles. The Morgan fingerprint density at radius 1 is 1.00 bits per heavy atom. The summed E-state index contributed by atoms with van der Waals surface area (Å²) in [6, 6.07) is 13.8. The van der Waals surface area contributed by atoms with Crippen LogP contribution in [0.3, 0.4) is 0 Å². The van der Waals surface area contributed by atoms with E-state index in [1.165, 1.54) is 0 Å². The van der Waals surface area contributed by atoms with Gasteiger partial charge in [0.2, 0.25) is 0 Å². The van der Waals surface area contributed by atoms with Crippen LogP contribution in [0.1, 0.15) is 5.56 Å². The Hall–Kier alpha value is -1.65. The topological polar surface area (TPSA) is 38.7 Å². The molecule has 0 saturated heterocycles. The second kappa shape index (κ2) is 5.55. The Morgan fingerprint density at radius 3 is 2.63 bits per heavy atom. The summed E-state index contributed by atoms with van der Waals surface area (Å²) < 4.78 is 11.1. The Kier molecular flexibility index (Phi) is 3.62. The largest absolute Gasteiger partial charge is 0.486 e. The van der Waals surface area contributed by atoms with Crippen LogP contribution in [0.4, 0.5) is 0 Å². The maximum atomic E-state index is 9.33. The van der Waals surface area contributed by atoms with E-state index in [4.69, 9.17) is 9.47 Å². The van der Waals surface area contributed by atoms with Gasteiger partial charge in [0, 0.05) is 9.79 Å². The summed E-state index contributed by atoms with van der Waals surface area (Å²) in [6.07, 6.45) is 0. The third-order valence-corrected chi connectivity index (χ3v) is 3.99. The molecule has 0 spiro atoms. The highest BCUT2D eigenvalue weighted by atomic mass is 32.2. The normalized spacial score (nSPS) is 13.3. The van der Waals surface area contributed by atoms with Gasteiger partial charge in [0.05, 0.1) is 6.61 Å². The first-order chi connectivity index (χ1) is 9.36. The summed E-state index contributed by atoms with van der Waals surface area (Å²) in [5.41, 5.74) is 0.933. The first-order valence-corrected chi connectivity index (χ1v) is 6.95. The van der Waals surface area contributed by atoms with Gasteiger partial charge in [-0.25, -0.2) is 0 Å². The van der Waals surface area contributed by atoms with Crippen LogP contribution in [0.5, 0.6) is 11.5 Å². The van der Waals surface area contributed by atoms with E-state index in [-0.39, 0.29) is 6.61 Å². The van der Waals surface area contributed by atoms with Crippen LogP contribution in [-0.2, 0) is 6.61 Å². The van der Waals surface area contributed by atoms with Crippen LogP contribution in [0.2, 0.25) is 0 Å². The molecule has 4 heteroatoms. The minimum absolute atomic E-state index is 0.0493. The van der Waals surface area contributed by atoms with Gasteiger partial charge in [-0.3, -0.25) is 0 Å². The highest BCUT2D eigenvalue weighted by Gasteiger charge is 2.12. The number of ether oxygens (including phenoxy) is 2. The van der Waals surface area contributed by atoms with E-state index < -0.39 is 0 Å². The van der Waals surface area contributed by atoms with E-state index in [2.05, 4.69) is 0 Å². The maximum absolute atomic E-state index is 9.33. The maximum Gasteiger partial charge on any atom is 0.162 e. The number of fused-ring (bicyclic) bond motifs is 1.